The van der Waals surface area contributed by atoms with Crippen molar-refractivity contribution < 1.29 is 14.7 Å². The van der Waals surface area contributed by atoms with Gasteiger partial charge in [0.05, 0.1) is 17.7 Å². The Morgan fingerprint density at radius 2 is 2.05 bits per heavy atom. The maximum atomic E-state index is 12.1. The first kappa shape index (κ1) is 14.7. The Morgan fingerprint density at radius 1 is 1.40 bits per heavy atom. The summed E-state index contributed by atoms with van der Waals surface area (Å²) in [5.41, 5.74) is -0.286. The molecule has 1 aromatic rings. The lowest BCUT2D eigenvalue weighted by molar-refractivity contribution is -0.132. The Hall–Kier alpha value is -1.71. The van der Waals surface area contributed by atoms with Crippen molar-refractivity contribution in [2.45, 2.75) is 33.1 Å². The van der Waals surface area contributed by atoms with Crippen molar-refractivity contribution >= 4 is 28.3 Å². The number of aliphatic hydroxyl groups excluding tert-OH is 1. The van der Waals surface area contributed by atoms with E-state index in [0.29, 0.717) is 29.3 Å². The Labute approximate surface area is 121 Å². The van der Waals surface area contributed by atoms with E-state index in [4.69, 9.17) is 5.11 Å². The molecular weight excluding hydrogens is 276 g/mol. The lowest BCUT2D eigenvalue weighted by Crippen LogP contribution is -2.46. The van der Waals surface area contributed by atoms with E-state index in [9.17, 15) is 9.59 Å². The number of anilines is 1. The highest BCUT2D eigenvalue weighted by Gasteiger charge is 2.39. The van der Waals surface area contributed by atoms with Crippen LogP contribution in [0.25, 0.3) is 0 Å². The molecule has 1 saturated heterocycles. The zero-order valence-corrected chi connectivity index (χ0v) is 12.3. The number of carbonyl (C=O) groups is 2. The van der Waals surface area contributed by atoms with Gasteiger partial charge in [0.25, 0.3) is 0 Å². The fourth-order valence-electron chi connectivity index (χ4n) is 2.02. The molecule has 0 saturated carbocycles. The first-order valence-corrected chi connectivity index (χ1v) is 7.16. The molecule has 2 rings (SSSR count). The third-order valence-corrected chi connectivity index (χ3v) is 3.79. The molecule has 0 spiro atoms. The minimum absolute atomic E-state index is 0.0108. The molecule has 1 fully saturated rings. The Bertz CT molecular complexity index is 575. The predicted molar refractivity (Wildman–Crippen MR) is 76.2 cm³/mol. The number of aromatic nitrogens is 1. The molecule has 0 unspecified atom stereocenters. The van der Waals surface area contributed by atoms with E-state index < -0.39 is 0 Å². The number of aliphatic hydroxyl groups is 1. The largest absolute Gasteiger partial charge is 0.395 e. The van der Waals surface area contributed by atoms with Crippen LogP contribution in [0.2, 0.25) is 0 Å². The average molecular weight is 292 g/mol. The molecule has 0 bridgehead atoms. The van der Waals surface area contributed by atoms with E-state index in [1.807, 2.05) is 13.8 Å². The van der Waals surface area contributed by atoms with E-state index >= 15 is 0 Å². The maximum Gasteiger partial charge on any atom is 0.236 e. The van der Waals surface area contributed by atoms with Crippen LogP contribution in [0.4, 0.5) is 5.13 Å². The molecule has 6 heteroatoms. The number of hydrogen-bond donors (Lipinski definition) is 1. The molecule has 0 radical (unpaired) electrons. The van der Waals surface area contributed by atoms with E-state index in [-0.39, 0.29) is 23.8 Å². The summed E-state index contributed by atoms with van der Waals surface area (Å²) >= 11 is 1.22. The Kier molecular flexibility index (Phi) is 4.21. The van der Waals surface area contributed by atoms with Gasteiger partial charge < -0.3 is 5.11 Å². The second-order valence-electron chi connectivity index (χ2n) is 5.42. The third kappa shape index (κ3) is 3.24. The highest BCUT2D eigenvalue weighted by atomic mass is 32.1. The van der Waals surface area contributed by atoms with Gasteiger partial charge in [-0.1, -0.05) is 37.0 Å². The number of piperidine rings is 1. The fourth-order valence-corrected chi connectivity index (χ4v) is 2.85. The zero-order chi connectivity index (χ0) is 14.8. The average Bonchev–Trinajstić information content (AvgIpc) is 2.75. The predicted octanol–water partition coefficient (Wildman–Crippen LogP) is 1.56. The summed E-state index contributed by atoms with van der Waals surface area (Å²) in [6, 6.07) is 0. The number of nitrogens with zero attached hydrogens (tertiary/aromatic N) is 2. The molecule has 1 aromatic heterocycles. The molecule has 2 heterocycles. The third-order valence-electron chi connectivity index (χ3n) is 2.89. The van der Waals surface area contributed by atoms with Crippen LogP contribution in [0.3, 0.4) is 0 Å². The van der Waals surface area contributed by atoms with Crippen LogP contribution in [0.15, 0.2) is 6.20 Å². The zero-order valence-electron chi connectivity index (χ0n) is 11.5. The molecule has 1 aliphatic rings. The van der Waals surface area contributed by atoms with Gasteiger partial charge in [-0.15, -0.1) is 0 Å². The summed E-state index contributed by atoms with van der Waals surface area (Å²) in [6.45, 7) is 3.83. The highest BCUT2D eigenvalue weighted by molar-refractivity contribution is 7.16. The molecule has 106 valence electrons. The lowest BCUT2D eigenvalue weighted by Gasteiger charge is -2.33. The van der Waals surface area contributed by atoms with Crippen molar-refractivity contribution in [3.05, 3.63) is 11.1 Å². The van der Waals surface area contributed by atoms with Gasteiger partial charge in [0.1, 0.15) is 0 Å². The van der Waals surface area contributed by atoms with Crippen LogP contribution >= 0.6 is 11.3 Å². The smallest absolute Gasteiger partial charge is 0.236 e. The molecule has 0 atom stereocenters. The summed E-state index contributed by atoms with van der Waals surface area (Å²) in [6.07, 6.45) is 2.61. The minimum atomic E-state index is -0.286. The topological polar surface area (TPSA) is 70.5 Å². The van der Waals surface area contributed by atoms with Crippen LogP contribution < -0.4 is 4.90 Å². The number of amides is 2. The molecule has 2 amide bonds. The molecule has 0 aliphatic carbocycles. The van der Waals surface area contributed by atoms with Gasteiger partial charge >= 0.3 is 0 Å². The first-order chi connectivity index (χ1) is 9.43. The standard InChI is InChI=1S/C14H16N2O3S/c1-14(2)7-11(18)16(12(19)8-14)13-15-9-10(20-13)5-3-4-6-17/h9,17H,4,6-8H2,1-2H3. The molecule has 1 N–H and O–H groups in total. The van der Waals surface area contributed by atoms with Crippen LogP contribution in [-0.2, 0) is 9.59 Å². The Balaban J connectivity index is 2.18. The quantitative estimate of drug-likeness (QED) is 0.663. The fraction of sp³-hybridized carbons (Fsp3) is 0.500. The minimum Gasteiger partial charge on any atom is -0.395 e. The highest BCUT2D eigenvalue weighted by Crippen LogP contribution is 2.35. The van der Waals surface area contributed by atoms with E-state index in [1.54, 1.807) is 6.20 Å². The summed E-state index contributed by atoms with van der Waals surface area (Å²) < 4.78 is 0. The van der Waals surface area contributed by atoms with E-state index in [2.05, 4.69) is 16.8 Å². The van der Waals surface area contributed by atoms with Gasteiger partial charge in [-0.05, 0) is 5.41 Å². The van der Waals surface area contributed by atoms with Crippen molar-refractivity contribution in [2.75, 3.05) is 11.5 Å². The van der Waals surface area contributed by atoms with E-state index in [0.717, 1.165) is 4.90 Å². The monoisotopic (exact) mass is 292 g/mol. The van der Waals surface area contributed by atoms with Crippen molar-refractivity contribution in [1.29, 1.82) is 0 Å². The van der Waals surface area contributed by atoms with E-state index in [1.165, 1.54) is 11.3 Å². The summed E-state index contributed by atoms with van der Waals surface area (Å²) in [5.74, 6) is 5.21. The van der Waals surface area contributed by atoms with Crippen LogP contribution in [0.1, 0.15) is 38.0 Å². The van der Waals surface area contributed by atoms with Crippen molar-refractivity contribution in [1.82, 2.24) is 4.98 Å². The number of rotatable bonds is 2. The first-order valence-electron chi connectivity index (χ1n) is 6.34. The number of imide groups is 1. The van der Waals surface area contributed by atoms with Gasteiger partial charge in [0.15, 0.2) is 5.13 Å². The summed E-state index contributed by atoms with van der Waals surface area (Å²) in [7, 11) is 0. The van der Waals surface area contributed by atoms with Gasteiger partial charge in [0, 0.05) is 19.3 Å². The molecule has 5 nitrogen and oxygen atoms in total. The van der Waals surface area contributed by atoms with Crippen molar-refractivity contribution in [2.24, 2.45) is 5.41 Å². The SMILES string of the molecule is CC1(C)CC(=O)N(c2ncc(C#CCCO)s2)C(=O)C1. The second kappa shape index (κ2) is 5.73. The van der Waals surface area contributed by atoms with Gasteiger partial charge in [0.2, 0.25) is 11.8 Å². The number of carbonyl (C=O) groups excluding carboxylic acids is 2. The molecule has 1 aliphatic heterocycles. The van der Waals surface area contributed by atoms with Crippen LogP contribution in [0, 0.1) is 17.3 Å². The number of thiazole rings is 1. The molecule has 20 heavy (non-hydrogen) atoms. The summed E-state index contributed by atoms with van der Waals surface area (Å²) in [4.78, 5) is 30.1. The summed E-state index contributed by atoms with van der Waals surface area (Å²) in [5, 5.41) is 9.04. The molecular formula is C14H16N2O3S. The lowest BCUT2D eigenvalue weighted by atomic mass is 9.82. The molecule has 0 aromatic carbocycles. The van der Waals surface area contributed by atoms with Gasteiger partial charge in [-0.3, -0.25) is 9.59 Å². The van der Waals surface area contributed by atoms with Crippen LogP contribution in [-0.4, -0.2) is 28.5 Å². The van der Waals surface area contributed by atoms with Gasteiger partial charge in [-0.2, -0.15) is 0 Å². The van der Waals surface area contributed by atoms with Crippen molar-refractivity contribution in [3.63, 3.8) is 0 Å². The van der Waals surface area contributed by atoms with Gasteiger partial charge in [-0.25, -0.2) is 9.88 Å². The number of hydrogen-bond acceptors (Lipinski definition) is 5. The second-order valence-corrected chi connectivity index (χ2v) is 6.43. The maximum absolute atomic E-state index is 12.1. The Morgan fingerprint density at radius 3 is 2.65 bits per heavy atom. The van der Waals surface area contributed by atoms with Crippen LogP contribution in [0.5, 0.6) is 0 Å². The normalized spacial score (nSPS) is 17.9. The van der Waals surface area contributed by atoms with Crippen molar-refractivity contribution in [3.8, 4) is 11.8 Å².